The van der Waals surface area contributed by atoms with Gasteiger partial charge in [-0.05, 0) is 37.1 Å². The predicted molar refractivity (Wildman–Crippen MR) is 108 cm³/mol. The molecule has 0 bridgehead atoms. The molecule has 1 N–H and O–H groups in total. The molecule has 146 valence electrons. The number of pyridine rings is 1. The lowest BCUT2D eigenvalue weighted by Gasteiger charge is -2.25. The number of carbonyl (C=O) groups is 1. The van der Waals surface area contributed by atoms with Crippen LogP contribution in [0.4, 0.5) is 4.39 Å². The summed E-state index contributed by atoms with van der Waals surface area (Å²) in [6, 6.07) is 12.2. The van der Waals surface area contributed by atoms with Crippen molar-refractivity contribution in [2.45, 2.75) is 18.9 Å². The van der Waals surface area contributed by atoms with Gasteiger partial charge in [-0.2, -0.15) is 5.10 Å². The molecule has 3 aromatic heterocycles. The molecule has 0 saturated carbocycles. The maximum atomic E-state index is 14.3. The minimum atomic E-state index is -0.263. The molecule has 1 aliphatic rings. The van der Waals surface area contributed by atoms with Crippen LogP contribution in [0, 0.1) is 5.82 Å². The first-order valence-corrected chi connectivity index (χ1v) is 9.64. The first-order chi connectivity index (χ1) is 14.1. The molecular formula is C22H20FN5O. The van der Waals surface area contributed by atoms with Gasteiger partial charge in [0, 0.05) is 36.3 Å². The van der Waals surface area contributed by atoms with Crippen LogP contribution < -0.4 is 0 Å². The second-order valence-electron chi connectivity index (χ2n) is 7.36. The molecule has 0 spiro atoms. The number of fused-ring (bicyclic) bond motifs is 1. The summed E-state index contributed by atoms with van der Waals surface area (Å²) in [6.45, 7) is 0.618. The summed E-state index contributed by atoms with van der Waals surface area (Å²) in [4.78, 5) is 19.9. The Hall–Kier alpha value is -3.48. The quantitative estimate of drug-likeness (QED) is 0.574. The van der Waals surface area contributed by atoms with E-state index in [-0.39, 0.29) is 17.8 Å². The number of hydrogen-bond donors (Lipinski definition) is 1. The number of halogens is 1. The van der Waals surface area contributed by atoms with E-state index in [9.17, 15) is 9.18 Å². The van der Waals surface area contributed by atoms with Gasteiger partial charge in [0.1, 0.15) is 17.2 Å². The van der Waals surface area contributed by atoms with E-state index < -0.39 is 0 Å². The van der Waals surface area contributed by atoms with Gasteiger partial charge >= 0.3 is 0 Å². The number of aryl methyl sites for hydroxylation is 1. The van der Waals surface area contributed by atoms with E-state index in [0.717, 1.165) is 35.1 Å². The van der Waals surface area contributed by atoms with Gasteiger partial charge in [-0.25, -0.2) is 9.37 Å². The first kappa shape index (κ1) is 17.6. The molecular weight excluding hydrogens is 369 g/mol. The van der Waals surface area contributed by atoms with Gasteiger partial charge in [-0.15, -0.1) is 0 Å². The number of rotatable bonds is 3. The van der Waals surface area contributed by atoms with E-state index >= 15 is 0 Å². The van der Waals surface area contributed by atoms with Crippen molar-refractivity contribution in [3.05, 3.63) is 71.9 Å². The van der Waals surface area contributed by atoms with Crippen LogP contribution >= 0.6 is 0 Å². The summed E-state index contributed by atoms with van der Waals surface area (Å²) >= 11 is 0. The fraction of sp³-hybridized carbons (Fsp3) is 0.227. The van der Waals surface area contributed by atoms with Gasteiger partial charge in [0.2, 0.25) is 0 Å². The molecule has 5 rings (SSSR count). The molecule has 0 radical (unpaired) electrons. The second kappa shape index (κ2) is 6.84. The Balaban J connectivity index is 1.52. The lowest BCUT2D eigenvalue weighted by atomic mass is 10.0. The van der Waals surface area contributed by atoms with Crippen LogP contribution in [0.25, 0.3) is 22.3 Å². The number of benzene rings is 1. The van der Waals surface area contributed by atoms with Gasteiger partial charge in [-0.1, -0.05) is 18.2 Å². The van der Waals surface area contributed by atoms with Crippen LogP contribution in [0.3, 0.4) is 0 Å². The molecule has 1 fully saturated rings. The topological polar surface area (TPSA) is 66.8 Å². The number of amides is 1. The molecule has 1 amide bonds. The number of aromatic nitrogens is 4. The van der Waals surface area contributed by atoms with Crippen molar-refractivity contribution in [2.24, 2.45) is 7.05 Å². The lowest BCUT2D eigenvalue weighted by Crippen LogP contribution is -2.32. The Kier molecular flexibility index (Phi) is 4.16. The molecule has 0 aliphatic carbocycles. The van der Waals surface area contributed by atoms with Crippen LogP contribution in [0.1, 0.15) is 34.9 Å². The minimum absolute atomic E-state index is 0.0962. The molecule has 4 heterocycles. The number of likely N-dealkylation sites (tertiary alicyclic amines) is 1. The number of H-pyrrole nitrogens is 1. The van der Waals surface area contributed by atoms with Crippen LogP contribution in [0.5, 0.6) is 0 Å². The average Bonchev–Trinajstić information content (AvgIpc) is 3.48. The summed E-state index contributed by atoms with van der Waals surface area (Å²) in [5.74, 6) is -0.359. The van der Waals surface area contributed by atoms with Crippen LogP contribution in [-0.2, 0) is 7.05 Å². The van der Waals surface area contributed by atoms with Gasteiger partial charge in [0.05, 0.1) is 17.9 Å². The van der Waals surface area contributed by atoms with Crippen LogP contribution in [0.15, 0.2) is 54.9 Å². The summed E-state index contributed by atoms with van der Waals surface area (Å²) in [6.07, 6.45) is 5.12. The van der Waals surface area contributed by atoms with Gasteiger partial charge in [-0.3, -0.25) is 9.89 Å². The Morgan fingerprint density at radius 3 is 2.90 bits per heavy atom. The molecule has 7 heteroatoms. The molecule has 1 atom stereocenters. The van der Waals surface area contributed by atoms with Gasteiger partial charge in [0.15, 0.2) is 0 Å². The average molecular weight is 389 g/mol. The zero-order chi connectivity index (χ0) is 20.0. The summed E-state index contributed by atoms with van der Waals surface area (Å²) < 4.78 is 16.2. The number of nitrogens with one attached hydrogen (secondary N) is 1. The molecule has 1 aromatic carbocycles. The zero-order valence-corrected chi connectivity index (χ0v) is 16.0. The second-order valence-corrected chi connectivity index (χ2v) is 7.36. The van der Waals surface area contributed by atoms with Crippen molar-refractivity contribution < 1.29 is 9.18 Å². The van der Waals surface area contributed by atoms with E-state index in [1.165, 1.54) is 6.07 Å². The van der Waals surface area contributed by atoms with Gasteiger partial charge in [0.25, 0.3) is 5.91 Å². The fourth-order valence-electron chi connectivity index (χ4n) is 4.18. The predicted octanol–water partition coefficient (Wildman–Crippen LogP) is 4.08. The van der Waals surface area contributed by atoms with Crippen molar-refractivity contribution in [1.29, 1.82) is 0 Å². The third-order valence-electron chi connectivity index (χ3n) is 5.67. The summed E-state index contributed by atoms with van der Waals surface area (Å²) in [5.41, 5.74) is 3.54. The molecule has 1 aliphatic heterocycles. The van der Waals surface area contributed by atoms with E-state index in [2.05, 4.69) is 10.2 Å². The number of hydrogen-bond acceptors (Lipinski definition) is 3. The number of aromatic amines is 1. The van der Waals surface area contributed by atoms with Gasteiger partial charge < -0.3 is 9.47 Å². The van der Waals surface area contributed by atoms with Crippen molar-refractivity contribution in [2.75, 3.05) is 6.54 Å². The molecule has 29 heavy (non-hydrogen) atoms. The normalized spacial score (nSPS) is 16.6. The maximum absolute atomic E-state index is 14.3. The Bertz CT molecular complexity index is 1200. The number of carbonyl (C=O) groups excluding carboxylic acids is 1. The highest BCUT2D eigenvalue weighted by Crippen LogP contribution is 2.35. The van der Waals surface area contributed by atoms with E-state index in [0.29, 0.717) is 17.8 Å². The summed E-state index contributed by atoms with van der Waals surface area (Å²) in [7, 11) is 1.84. The highest BCUT2D eigenvalue weighted by Gasteiger charge is 2.33. The van der Waals surface area contributed by atoms with Crippen molar-refractivity contribution in [3.8, 4) is 11.3 Å². The third-order valence-corrected chi connectivity index (χ3v) is 5.67. The zero-order valence-electron chi connectivity index (χ0n) is 16.0. The molecule has 4 aromatic rings. The lowest BCUT2D eigenvalue weighted by molar-refractivity contribution is 0.0724. The summed E-state index contributed by atoms with van der Waals surface area (Å²) in [5, 5.41) is 7.65. The largest absolute Gasteiger partial charge is 0.330 e. The standard InChI is InChI=1S/C22H20FN5O/c1-27-20(11-14-8-9-18(26-21(14)27)15-12-24-25-13-15)22(29)28-10-4-7-19(28)16-5-2-3-6-17(16)23/h2-3,5-6,8-9,11-13,19H,4,7,10H2,1H3,(H,24,25)/t19-/m1/s1. The van der Waals surface area contributed by atoms with Crippen LogP contribution in [0.2, 0.25) is 0 Å². The smallest absolute Gasteiger partial charge is 0.271 e. The van der Waals surface area contributed by atoms with Crippen molar-refractivity contribution >= 4 is 16.9 Å². The fourth-order valence-corrected chi connectivity index (χ4v) is 4.18. The minimum Gasteiger partial charge on any atom is -0.330 e. The van der Waals surface area contributed by atoms with E-state index in [1.807, 2.05) is 35.9 Å². The molecule has 1 saturated heterocycles. The van der Waals surface area contributed by atoms with Crippen molar-refractivity contribution in [3.63, 3.8) is 0 Å². The highest BCUT2D eigenvalue weighted by molar-refractivity contribution is 5.98. The Labute approximate surface area is 167 Å². The number of nitrogens with zero attached hydrogens (tertiary/aromatic N) is 4. The van der Waals surface area contributed by atoms with E-state index in [4.69, 9.17) is 4.98 Å². The van der Waals surface area contributed by atoms with E-state index in [1.54, 1.807) is 29.4 Å². The monoisotopic (exact) mass is 389 g/mol. The maximum Gasteiger partial charge on any atom is 0.271 e. The highest BCUT2D eigenvalue weighted by atomic mass is 19.1. The third kappa shape index (κ3) is 2.90. The Morgan fingerprint density at radius 2 is 2.10 bits per heavy atom. The first-order valence-electron chi connectivity index (χ1n) is 9.64. The van der Waals surface area contributed by atoms with Crippen molar-refractivity contribution in [1.82, 2.24) is 24.6 Å². The molecule has 6 nitrogen and oxygen atoms in total. The Morgan fingerprint density at radius 1 is 1.24 bits per heavy atom. The SMILES string of the molecule is Cn1c(C(=O)N2CCC[C@@H]2c2ccccc2F)cc2ccc(-c3cn[nH]c3)nc21. The molecule has 0 unspecified atom stereocenters. The van der Waals surface area contributed by atoms with Crippen LogP contribution in [-0.4, -0.2) is 37.1 Å².